The summed E-state index contributed by atoms with van der Waals surface area (Å²) >= 11 is 0. The van der Waals surface area contributed by atoms with E-state index in [1.54, 1.807) is 22.5 Å². The molecule has 2 aliphatic rings. The lowest BCUT2D eigenvalue weighted by atomic mass is 10.0. The van der Waals surface area contributed by atoms with E-state index in [2.05, 4.69) is 30.0 Å². The third-order valence-electron chi connectivity index (χ3n) is 6.88. The Morgan fingerprint density at radius 2 is 1.70 bits per heavy atom. The number of anilines is 1. The molecule has 0 radical (unpaired) electrons. The second kappa shape index (κ2) is 7.87. The zero-order chi connectivity index (χ0) is 22.6. The van der Waals surface area contributed by atoms with Crippen LogP contribution in [-0.2, 0) is 21.4 Å². The molecule has 7 heteroatoms. The molecule has 0 bridgehead atoms. The fourth-order valence-electron chi connectivity index (χ4n) is 5.14. The number of hydrogen-bond donors (Lipinski definition) is 0. The smallest absolute Gasteiger partial charge is 0.243 e. The molecular formula is C26H26N2O4S. The Hall–Kier alpha value is -2.87. The lowest BCUT2D eigenvalue weighted by Gasteiger charge is -2.41. The van der Waals surface area contributed by atoms with Gasteiger partial charge in [0.15, 0.2) is 0 Å². The molecule has 0 spiro atoms. The lowest BCUT2D eigenvalue weighted by molar-refractivity contribution is 0.0987. The minimum atomic E-state index is -3.58. The van der Waals surface area contributed by atoms with Crippen LogP contribution >= 0.6 is 0 Å². The van der Waals surface area contributed by atoms with E-state index in [1.165, 1.54) is 16.8 Å². The maximum absolute atomic E-state index is 13.5. The molecule has 1 saturated heterocycles. The minimum Gasteiger partial charge on any atom is -0.456 e. The first-order valence-electron chi connectivity index (χ1n) is 11.4. The molecule has 33 heavy (non-hydrogen) atoms. The molecule has 6 nitrogen and oxygen atoms in total. The van der Waals surface area contributed by atoms with Crippen molar-refractivity contribution in [3.63, 3.8) is 0 Å². The molecule has 0 amide bonds. The van der Waals surface area contributed by atoms with Crippen LogP contribution in [0.2, 0.25) is 0 Å². The van der Waals surface area contributed by atoms with Crippen LogP contribution in [0.4, 0.5) is 5.69 Å². The summed E-state index contributed by atoms with van der Waals surface area (Å²) in [5.74, 6) is 0. The van der Waals surface area contributed by atoms with Crippen LogP contribution < -0.4 is 4.90 Å². The highest BCUT2D eigenvalue weighted by atomic mass is 32.2. The zero-order valence-corrected chi connectivity index (χ0v) is 19.3. The van der Waals surface area contributed by atoms with Gasteiger partial charge in [-0.15, -0.1) is 0 Å². The number of aryl methyl sites for hydroxylation is 1. The maximum Gasteiger partial charge on any atom is 0.243 e. The number of fused-ring (bicyclic) bond motifs is 4. The maximum atomic E-state index is 13.5. The van der Waals surface area contributed by atoms with Gasteiger partial charge in [0.25, 0.3) is 0 Å². The number of rotatable bonds is 3. The number of para-hydroxylation sites is 1. The van der Waals surface area contributed by atoms with Crippen LogP contribution in [0.1, 0.15) is 24.0 Å². The third kappa shape index (κ3) is 3.51. The molecule has 0 atom stereocenters. The first kappa shape index (κ1) is 20.7. The predicted molar refractivity (Wildman–Crippen MR) is 129 cm³/mol. The van der Waals surface area contributed by atoms with Crippen LogP contribution in [0.3, 0.4) is 0 Å². The Labute approximate surface area is 193 Å². The van der Waals surface area contributed by atoms with Crippen LogP contribution in [0.25, 0.3) is 21.9 Å². The molecule has 170 valence electrons. The number of nitrogens with zero attached hydrogens (tertiary/aromatic N) is 2. The average molecular weight is 463 g/mol. The van der Waals surface area contributed by atoms with Gasteiger partial charge in [-0.1, -0.05) is 35.9 Å². The number of hydrogen-bond acceptors (Lipinski definition) is 5. The second-order valence-electron chi connectivity index (χ2n) is 8.97. The SMILES string of the molecule is Cc1ccc2c(c1)COCN2C1CCN(S(=O)(=O)c2ccc3oc4ccccc4c3c2)CC1. The quantitative estimate of drug-likeness (QED) is 0.427. The largest absolute Gasteiger partial charge is 0.456 e. The summed E-state index contributed by atoms with van der Waals surface area (Å²) in [5, 5.41) is 1.76. The van der Waals surface area contributed by atoms with Crippen molar-refractivity contribution in [2.75, 3.05) is 24.7 Å². The molecule has 0 N–H and O–H groups in total. The first-order valence-corrected chi connectivity index (χ1v) is 12.8. The van der Waals surface area contributed by atoms with Gasteiger partial charge < -0.3 is 14.1 Å². The highest BCUT2D eigenvalue weighted by Crippen LogP contribution is 2.34. The lowest BCUT2D eigenvalue weighted by Crippen LogP contribution is -2.48. The van der Waals surface area contributed by atoms with Gasteiger partial charge in [-0.05, 0) is 50.1 Å². The highest BCUT2D eigenvalue weighted by Gasteiger charge is 2.33. The zero-order valence-electron chi connectivity index (χ0n) is 18.5. The van der Waals surface area contributed by atoms with Crippen molar-refractivity contribution in [3.05, 3.63) is 71.8 Å². The Bertz CT molecular complexity index is 1450. The van der Waals surface area contributed by atoms with Crippen molar-refractivity contribution in [1.29, 1.82) is 0 Å². The fraction of sp³-hybridized carbons (Fsp3) is 0.308. The van der Waals surface area contributed by atoms with Crippen molar-refractivity contribution in [2.45, 2.75) is 37.3 Å². The molecule has 0 aliphatic carbocycles. The van der Waals surface area contributed by atoms with Gasteiger partial charge in [0.2, 0.25) is 10.0 Å². The molecule has 6 rings (SSSR count). The van der Waals surface area contributed by atoms with Gasteiger partial charge in [0.1, 0.15) is 17.9 Å². The van der Waals surface area contributed by atoms with Crippen LogP contribution in [0.5, 0.6) is 0 Å². The Morgan fingerprint density at radius 1 is 0.909 bits per heavy atom. The Morgan fingerprint density at radius 3 is 2.55 bits per heavy atom. The van der Waals surface area contributed by atoms with Crippen molar-refractivity contribution in [2.24, 2.45) is 0 Å². The molecule has 1 aromatic heterocycles. The first-order chi connectivity index (χ1) is 16.0. The van der Waals surface area contributed by atoms with E-state index >= 15 is 0 Å². The van der Waals surface area contributed by atoms with Crippen LogP contribution in [0.15, 0.2) is 70.0 Å². The van der Waals surface area contributed by atoms with Gasteiger partial charge in [-0.2, -0.15) is 4.31 Å². The van der Waals surface area contributed by atoms with Gasteiger partial charge in [0, 0.05) is 41.2 Å². The van der Waals surface area contributed by atoms with Gasteiger partial charge in [-0.3, -0.25) is 0 Å². The summed E-state index contributed by atoms with van der Waals surface area (Å²) < 4.78 is 40.2. The normalized spacial score (nSPS) is 18.2. The van der Waals surface area contributed by atoms with E-state index in [4.69, 9.17) is 9.15 Å². The summed E-state index contributed by atoms with van der Waals surface area (Å²) in [7, 11) is -3.58. The summed E-state index contributed by atoms with van der Waals surface area (Å²) in [6.45, 7) is 4.26. The molecule has 3 aromatic carbocycles. The molecule has 0 unspecified atom stereocenters. The average Bonchev–Trinajstić information content (AvgIpc) is 3.21. The van der Waals surface area contributed by atoms with Gasteiger partial charge in [-0.25, -0.2) is 8.42 Å². The van der Waals surface area contributed by atoms with E-state index in [0.717, 1.165) is 29.2 Å². The second-order valence-corrected chi connectivity index (χ2v) is 10.9. The Balaban J connectivity index is 1.23. The monoisotopic (exact) mass is 462 g/mol. The minimum absolute atomic E-state index is 0.263. The van der Waals surface area contributed by atoms with Gasteiger partial charge >= 0.3 is 0 Å². The predicted octanol–water partition coefficient (Wildman–Crippen LogP) is 5.04. The number of benzene rings is 3. The number of ether oxygens (including phenoxy) is 1. The van der Waals surface area contributed by atoms with Crippen molar-refractivity contribution in [1.82, 2.24) is 4.31 Å². The Kier molecular flexibility index (Phi) is 4.94. The summed E-state index contributed by atoms with van der Waals surface area (Å²) in [6.07, 6.45) is 1.54. The fourth-order valence-corrected chi connectivity index (χ4v) is 6.64. The standard InChI is InChI=1S/C26H26N2O4S/c1-18-6-8-24-19(14-18)16-31-17-28(24)20-10-12-27(13-11-20)33(29,30)21-7-9-26-23(15-21)22-4-2-3-5-25(22)32-26/h2-9,14-15,20H,10-13,16-17H2,1H3. The highest BCUT2D eigenvalue weighted by molar-refractivity contribution is 7.89. The molecule has 3 heterocycles. The van der Waals surface area contributed by atoms with E-state index in [9.17, 15) is 8.42 Å². The molecule has 1 fully saturated rings. The van der Waals surface area contributed by atoms with Crippen LogP contribution in [0, 0.1) is 6.92 Å². The number of sulfonamides is 1. The van der Waals surface area contributed by atoms with E-state index in [1.807, 2.05) is 24.3 Å². The van der Waals surface area contributed by atoms with Crippen molar-refractivity contribution < 1.29 is 17.6 Å². The topological polar surface area (TPSA) is 63.0 Å². The van der Waals surface area contributed by atoms with Crippen molar-refractivity contribution in [3.8, 4) is 0 Å². The van der Waals surface area contributed by atoms with Crippen molar-refractivity contribution >= 4 is 37.6 Å². The summed E-state index contributed by atoms with van der Waals surface area (Å²) in [4.78, 5) is 2.62. The third-order valence-corrected chi connectivity index (χ3v) is 8.78. The molecule has 4 aromatic rings. The summed E-state index contributed by atoms with van der Waals surface area (Å²) in [5.41, 5.74) is 5.11. The van der Waals surface area contributed by atoms with E-state index in [-0.39, 0.29) is 6.04 Å². The number of piperidine rings is 1. The van der Waals surface area contributed by atoms with E-state index in [0.29, 0.717) is 36.9 Å². The van der Waals surface area contributed by atoms with E-state index < -0.39 is 10.0 Å². The molecule has 0 saturated carbocycles. The summed E-state index contributed by atoms with van der Waals surface area (Å²) in [6, 6.07) is 19.6. The number of furan rings is 1. The van der Waals surface area contributed by atoms with Crippen LogP contribution in [-0.4, -0.2) is 38.6 Å². The molecular weight excluding hydrogens is 436 g/mol. The molecule has 2 aliphatic heterocycles. The van der Waals surface area contributed by atoms with Gasteiger partial charge in [0.05, 0.1) is 11.5 Å².